The van der Waals surface area contributed by atoms with Gasteiger partial charge in [-0.25, -0.2) is 0 Å². The lowest BCUT2D eigenvalue weighted by molar-refractivity contribution is 0.586. The van der Waals surface area contributed by atoms with E-state index in [-0.39, 0.29) is 5.41 Å². The highest BCUT2D eigenvalue weighted by molar-refractivity contribution is 5.56. The number of benzene rings is 1. The van der Waals surface area contributed by atoms with Gasteiger partial charge < -0.3 is 0 Å². The number of rotatable bonds is 1. The summed E-state index contributed by atoms with van der Waals surface area (Å²) in [6, 6.07) is 6.54. The Morgan fingerprint density at radius 3 is 2.29 bits per heavy atom. The molecular weight excluding hydrogens is 168 g/mol. The van der Waals surface area contributed by atoms with Gasteiger partial charge in [-0.1, -0.05) is 51.1 Å². The van der Waals surface area contributed by atoms with Crippen LogP contribution < -0.4 is 0 Å². The minimum atomic E-state index is 0.238. The molecule has 0 heteroatoms. The van der Waals surface area contributed by atoms with Gasteiger partial charge in [-0.05, 0) is 36.0 Å². The molecular formula is C14H20. The van der Waals surface area contributed by atoms with Crippen LogP contribution in [0.1, 0.15) is 44.4 Å². The van der Waals surface area contributed by atoms with E-state index in [1.807, 2.05) is 0 Å². The fourth-order valence-electron chi connectivity index (χ4n) is 1.83. The van der Waals surface area contributed by atoms with E-state index >= 15 is 0 Å². The molecule has 0 saturated heterocycles. The van der Waals surface area contributed by atoms with E-state index in [0.29, 0.717) is 0 Å². The van der Waals surface area contributed by atoms with Gasteiger partial charge in [-0.2, -0.15) is 0 Å². The quantitative estimate of drug-likeness (QED) is 0.615. The normalized spacial score (nSPS) is 12.4. The first-order chi connectivity index (χ1) is 6.46. The predicted octanol–water partition coefficient (Wildman–Crippen LogP) is 4.33. The molecule has 0 bridgehead atoms. The van der Waals surface area contributed by atoms with Crippen molar-refractivity contribution in [1.82, 2.24) is 0 Å². The van der Waals surface area contributed by atoms with Crippen molar-refractivity contribution >= 4 is 6.08 Å². The van der Waals surface area contributed by atoms with Crippen molar-refractivity contribution in [3.8, 4) is 0 Å². The Morgan fingerprint density at radius 1 is 1.14 bits per heavy atom. The molecule has 0 amide bonds. The monoisotopic (exact) mass is 188 g/mol. The van der Waals surface area contributed by atoms with Crippen LogP contribution in [0, 0.1) is 6.92 Å². The van der Waals surface area contributed by atoms with Gasteiger partial charge in [-0.15, -0.1) is 0 Å². The summed E-state index contributed by atoms with van der Waals surface area (Å²) in [7, 11) is 0. The molecule has 0 heterocycles. The van der Waals surface area contributed by atoms with Crippen LogP contribution in [-0.4, -0.2) is 0 Å². The number of hydrogen-bond donors (Lipinski definition) is 0. The second kappa shape index (κ2) is 4.00. The predicted molar refractivity (Wildman–Crippen MR) is 64.6 cm³/mol. The summed E-state index contributed by atoms with van der Waals surface area (Å²) in [5.74, 6) is 0. The minimum Gasteiger partial charge on any atom is -0.0871 e. The Labute approximate surface area is 87.7 Å². The summed E-state index contributed by atoms with van der Waals surface area (Å²) >= 11 is 0. The third-order valence-electron chi connectivity index (χ3n) is 2.53. The first-order valence-electron chi connectivity index (χ1n) is 5.19. The zero-order valence-corrected chi connectivity index (χ0v) is 9.89. The maximum Gasteiger partial charge on any atom is -0.0129 e. The van der Waals surface area contributed by atoms with E-state index < -0.39 is 0 Å². The van der Waals surface area contributed by atoms with Crippen molar-refractivity contribution in [3.05, 3.63) is 41.0 Å². The topological polar surface area (TPSA) is 0 Å². The Hall–Kier alpha value is -1.04. The Morgan fingerprint density at radius 2 is 1.79 bits per heavy atom. The lowest BCUT2D eigenvalue weighted by atomic mass is 9.82. The van der Waals surface area contributed by atoms with Crippen LogP contribution in [0.25, 0.3) is 6.08 Å². The molecule has 0 N–H and O–H groups in total. The van der Waals surface area contributed by atoms with Gasteiger partial charge in [0.2, 0.25) is 0 Å². The van der Waals surface area contributed by atoms with Crippen LogP contribution in [0.5, 0.6) is 0 Å². The molecule has 0 radical (unpaired) electrons. The van der Waals surface area contributed by atoms with Gasteiger partial charge in [0.15, 0.2) is 0 Å². The summed E-state index contributed by atoms with van der Waals surface area (Å²) in [5.41, 5.74) is 4.41. The van der Waals surface area contributed by atoms with Crippen molar-refractivity contribution in [2.45, 2.75) is 40.0 Å². The van der Waals surface area contributed by atoms with Crippen LogP contribution in [0.15, 0.2) is 24.3 Å². The largest absolute Gasteiger partial charge is 0.0871 e. The van der Waals surface area contributed by atoms with Crippen LogP contribution >= 0.6 is 0 Å². The Balaban J connectivity index is 3.28. The average Bonchev–Trinajstić information content (AvgIpc) is 2.07. The highest BCUT2D eigenvalue weighted by Crippen LogP contribution is 2.27. The standard InChI is InChI=1S/C14H20/c1-6-8-12-9-7-10-13(11(12)2)14(3,4)5/h6-10H,1-5H3/b8-6+. The SMILES string of the molecule is C/C=C/c1cccc(C(C)(C)C)c1C. The molecule has 14 heavy (non-hydrogen) atoms. The van der Waals surface area contributed by atoms with Crippen molar-refractivity contribution in [3.63, 3.8) is 0 Å². The highest BCUT2D eigenvalue weighted by atomic mass is 14.2. The Kier molecular flexibility index (Phi) is 3.15. The number of hydrogen-bond acceptors (Lipinski definition) is 0. The first-order valence-corrected chi connectivity index (χ1v) is 5.19. The van der Waals surface area contributed by atoms with Gasteiger partial charge in [0.1, 0.15) is 0 Å². The van der Waals surface area contributed by atoms with Crippen molar-refractivity contribution in [2.75, 3.05) is 0 Å². The zero-order chi connectivity index (χ0) is 10.8. The van der Waals surface area contributed by atoms with Gasteiger partial charge in [0, 0.05) is 0 Å². The molecule has 0 aliphatic carbocycles. The van der Waals surface area contributed by atoms with Crippen LogP contribution in [0.3, 0.4) is 0 Å². The van der Waals surface area contributed by atoms with Crippen molar-refractivity contribution in [2.24, 2.45) is 0 Å². The van der Waals surface area contributed by atoms with Gasteiger partial charge >= 0.3 is 0 Å². The van der Waals surface area contributed by atoms with Gasteiger partial charge in [0.05, 0.1) is 0 Å². The smallest absolute Gasteiger partial charge is 0.0129 e. The van der Waals surface area contributed by atoms with E-state index in [4.69, 9.17) is 0 Å². The molecule has 76 valence electrons. The van der Waals surface area contributed by atoms with Crippen LogP contribution in [-0.2, 0) is 5.41 Å². The molecule has 0 spiro atoms. The molecule has 0 aliphatic rings. The molecule has 0 atom stereocenters. The summed E-state index contributed by atoms with van der Waals surface area (Å²) < 4.78 is 0. The van der Waals surface area contributed by atoms with Crippen molar-refractivity contribution < 1.29 is 0 Å². The van der Waals surface area contributed by atoms with E-state index in [1.165, 1.54) is 16.7 Å². The van der Waals surface area contributed by atoms with E-state index in [9.17, 15) is 0 Å². The molecule has 1 rings (SSSR count). The zero-order valence-electron chi connectivity index (χ0n) is 9.89. The third-order valence-corrected chi connectivity index (χ3v) is 2.53. The Bertz CT molecular complexity index is 338. The molecule has 0 nitrogen and oxygen atoms in total. The fourth-order valence-corrected chi connectivity index (χ4v) is 1.83. The maximum atomic E-state index is 2.26. The fraction of sp³-hybridized carbons (Fsp3) is 0.429. The van der Waals surface area contributed by atoms with Crippen LogP contribution in [0.4, 0.5) is 0 Å². The summed E-state index contributed by atoms with van der Waals surface area (Å²) in [6.07, 6.45) is 4.26. The molecule has 0 aliphatic heterocycles. The van der Waals surface area contributed by atoms with E-state index in [0.717, 1.165) is 0 Å². The van der Waals surface area contributed by atoms with Crippen molar-refractivity contribution in [1.29, 1.82) is 0 Å². The molecule has 0 saturated carbocycles. The molecule has 0 fully saturated rings. The molecule has 0 unspecified atom stereocenters. The highest BCUT2D eigenvalue weighted by Gasteiger charge is 2.16. The lowest BCUT2D eigenvalue weighted by Crippen LogP contribution is -2.13. The molecule has 1 aromatic carbocycles. The second-order valence-corrected chi connectivity index (χ2v) is 4.77. The molecule has 0 aromatic heterocycles. The summed E-state index contributed by atoms with van der Waals surface area (Å²) in [6.45, 7) is 11.0. The lowest BCUT2D eigenvalue weighted by Gasteiger charge is -2.22. The first kappa shape index (κ1) is 11.0. The summed E-state index contributed by atoms with van der Waals surface area (Å²) in [4.78, 5) is 0. The van der Waals surface area contributed by atoms with Gasteiger partial charge in [-0.3, -0.25) is 0 Å². The molecule has 1 aromatic rings. The number of allylic oxidation sites excluding steroid dienone is 1. The summed E-state index contributed by atoms with van der Waals surface area (Å²) in [5, 5.41) is 0. The van der Waals surface area contributed by atoms with Crippen LogP contribution in [0.2, 0.25) is 0 Å². The maximum absolute atomic E-state index is 2.26. The minimum absolute atomic E-state index is 0.238. The average molecular weight is 188 g/mol. The third kappa shape index (κ3) is 2.25. The van der Waals surface area contributed by atoms with Gasteiger partial charge in [0.25, 0.3) is 0 Å². The van der Waals surface area contributed by atoms with E-state index in [1.54, 1.807) is 0 Å². The second-order valence-electron chi connectivity index (χ2n) is 4.77. The van der Waals surface area contributed by atoms with E-state index in [2.05, 4.69) is 65.0 Å².